The Kier molecular flexibility index (Phi) is 2.34. The third-order valence-electron chi connectivity index (χ3n) is 0.966. The average molecular weight is 151 g/mol. The molecule has 0 aliphatic carbocycles. The van der Waals surface area contributed by atoms with Gasteiger partial charge < -0.3 is 5.73 Å². The van der Waals surface area contributed by atoms with Crippen LogP contribution >= 0.6 is 11.8 Å². The quantitative estimate of drug-likeness (QED) is 0.368. The topological polar surface area (TPSA) is 48.3 Å². The van der Waals surface area contributed by atoms with Crippen LogP contribution in [0.25, 0.3) is 0 Å². The van der Waals surface area contributed by atoms with E-state index >= 15 is 0 Å². The average Bonchev–Trinajstić information content (AvgIpc) is 1.88. The molecule has 2 nitrogen and oxygen atoms in total. The Balaban J connectivity index is 2.67. The third-order valence-corrected chi connectivity index (χ3v) is 1.68. The first-order valence-electron chi connectivity index (χ1n) is 2.83. The molecule has 0 heterocycles. The van der Waals surface area contributed by atoms with Crippen LogP contribution in [-0.2, 0) is 0 Å². The lowest BCUT2D eigenvalue weighted by Crippen LogP contribution is -2.05. The van der Waals surface area contributed by atoms with Crippen molar-refractivity contribution in [2.24, 2.45) is 5.73 Å². The molecular weight excluding hydrogens is 144 g/mol. The highest BCUT2D eigenvalue weighted by Gasteiger charge is 1.92. The second kappa shape index (κ2) is 3.27. The second-order valence-corrected chi connectivity index (χ2v) is 2.85. The van der Waals surface area contributed by atoms with Crippen LogP contribution in [-0.4, -0.2) is 5.17 Å². The molecule has 10 heavy (non-hydrogen) atoms. The Hall–Kier alpha value is -0.960. The lowest BCUT2D eigenvalue weighted by molar-refractivity contribution is 1.47. The fourth-order valence-electron chi connectivity index (χ4n) is 0.609. The fraction of sp³-hybridized carbons (Fsp3) is 0. The van der Waals surface area contributed by atoms with Crippen LogP contribution in [0, 0.1) is 0 Å². The molecule has 51 valence electrons. The summed E-state index contributed by atoms with van der Waals surface area (Å²) in [5.74, 6) is 0. The summed E-state index contributed by atoms with van der Waals surface area (Å²) < 4.78 is 0. The first kappa shape index (κ1) is 7.15. The summed E-state index contributed by atoms with van der Waals surface area (Å²) in [4.78, 5) is 0.947. The van der Waals surface area contributed by atoms with E-state index in [1.54, 1.807) is 0 Å². The van der Waals surface area contributed by atoms with Gasteiger partial charge in [0.05, 0.1) is 0 Å². The maximum atomic E-state index is 8.66. The van der Waals surface area contributed by atoms with Crippen LogP contribution in [0.3, 0.4) is 0 Å². The molecule has 1 rings (SSSR count). The summed E-state index contributed by atoms with van der Waals surface area (Å²) >= 11 is 1.15. The number of thioether (sulfide) groups is 1. The molecule has 0 spiro atoms. The van der Waals surface area contributed by atoms with Crippen LogP contribution in [0.5, 0.6) is 0 Å². The Morgan fingerprint density at radius 1 is 1.30 bits per heavy atom. The summed E-state index contributed by atoms with van der Waals surface area (Å²) in [7, 11) is 0. The highest BCUT2D eigenvalue weighted by atomic mass is 32.2. The van der Waals surface area contributed by atoms with Crippen molar-refractivity contribution in [3.05, 3.63) is 30.3 Å². The number of nitrogens with zero attached hydrogens (tertiary/aromatic N) is 1. The van der Waals surface area contributed by atoms with Crippen LogP contribution < -0.4 is 11.1 Å². The van der Waals surface area contributed by atoms with Gasteiger partial charge in [-0.25, -0.2) is 0 Å². The molecule has 0 aliphatic heterocycles. The zero-order valence-electron chi connectivity index (χ0n) is 5.32. The molecule has 0 bridgehead atoms. The predicted molar refractivity (Wildman–Crippen MR) is 43.6 cm³/mol. The number of hydrogen-bond donors (Lipinski definition) is 1. The van der Waals surface area contributed by atoms with Crippen molar-refractivity contribution >= 4 is 16.9 Å². The van der Waals surface area contributed by atoms with Crippen molar-refractivity contribution < 1.29 is 0 Å². The maximum absolute atomic E-state index is 8.66. The van der Waals surface area contributed by atoms with Gasteiger partial charge in [0.2, 0.25) is 0 Å². The number of hydrogen-bond acceptors (Lipinski definition) is 1. The lowest BCUT2D eigenvalue weighted by atomic mass is 10.4. The molecule has 1 aromatic carbocycles. The van der Waals surface area contributed by atoms with E-state index < -0.39 is 0 Å². The summed E-state index contributed by atoms with van der Waals surface area (Å²) in [6.07, 6.45) is 0. The molecular formula is C7H7N2S. The van der Waals surface area contributed by atoms with Crippen molar-refractivity contribution in [3.8, 4) is 0 Å². The van der Waals surface area contributed by atoms with Gasteiger partial charge >= 0.3 is 0 Å². The van der Waals surface area contributed by atoms with Crippen LogP contribution in [0.2, 0.25) is 0 Å². The minimum absolute atomic E-state index is 0.119. The predicted octanol–water partition coefficient (Wildman–Crippen LogP) is 0.894. The zero-order valence-corrected chi connectivity index (χ0v) is 6.14. The van der Waals surface area contributed by atoms with Gasteiger partial charge in [-0.3, -0.25) is 0 Å². The third kappa shape index (κ3) is 2.11. The van der Waals surface area contributed by atoms with Gasteiger partial charge in [-0.05, 0) is 12.1 Å². The molecule has 2 N–H and O–H groups in total. The highest BCUT2D eigenvalue weighted by Crippen LogP contribution is 2.14. The van der Waals surface area contributed by atoms with Gasteiger partial charge in [-0.15, -0.1) is 5.41 Å². The van der Waals surface area contributed by atoms with Crippen molar-refractivity contribution in [1.82, 2.24) is 5.41 Å². The van der Waals surface area contributed by atoms with E-state index in [1.807, 2.05) is 30.3 Å². The van der Waals surface area contributed by atoms with E-state index in [-0.39, 0.29) is 5.17 Å². The fourth-order valence-corrected chi connectivity index (χ4v) is 1.14. The minimum atomic E-state index is -0.119. The minimum Gasteiger partial charge on any atom is -0.377 e. The summed E-state index contributed by atoms with van der Waals surface area (Å²) in [5, 5.41) is 8.54. The molecule has 0 fully saturated rings. The molecule has 1 aromatic rings. The molecule has 0 saturated heterocycles. The zero-order chi connectivity index (χ0) is 7.40. The van der Waals surface area contributed by atoms with Gasteiger partial charge in [0.25, 0.3) is 0 Å². The maximum Gasteiger partial charge on any atom is 0.185 e. The van der Waals surface area contributed by atoms with Gasteiger partial charge in [0, 0.05) is 4.90 Å². The molecule has 0 aliphatic rings. The summed E-state index contributed by atoms with van der Waals surface area (Å²) in [6, 6.07) is 9.47. The number of benzene rings is 1. The standard InChI is InChI=1S/C7H7N2S/c8-7(9)10-6-4-2-1-3-5-6/h1-5H,8H2. The van der Waals surface area contributed by atoms with Crippen LogP contribution in [0.4, 0.5) is 0 Å². The molecule has 0 saturated carbocycles. The SMILES string of the molecule is [N]=C(N)Sc1ccccc1. The Morgan fingerprint density at radius 3 is 2.40 bits per heavy atom. The summed E-state index contributed by atoms with van der Waals surface area (Å²) in [5.41, 5.74) is 5.06. The molecule has 0 atom stereocenters. The van der Waals surface area contributed by atoms with Gasteiger partial charge in [0.15, 0.2) is 5.17 Å². The van der Waals surface area contributed by atoms with Gasteiger partial charge in [-0.1, -0.05) is 30.0 Å². The Labute approximate surface area is 63.9 Å². The second-order valence-electron chi connectivity index (χ2n) is 1.75. The van der Waals surface area contributed by atoms with Crippen molar-refractivity contribution in [2.75, 3.05) is 0 Å². The first-order chi connectivity index (χ1) is 4.79. The van der Waals surface area contributed by atoms with Crippen molar-refractivity contribution in [1.29, 1.82) is 0 Å². The van der Waals surface area contributed by atoms with Crippen LogP contribution in [0.15, 0.2) is 35.2 Å². The monoisotopic (exact) mass is 151 g/mol. The molecule has 1 radical (unpaired) electrons. The Morgan fingerprint density at radius 2 is 1.90 bits per heavy atom. The van der Waals surface area contributed by atoms with E-state index in [0.29, 0.717) is 0 Å². The normalized spacial score (nSPS) is 9.20. The van der Waals surface area contributed by atoms with Gasteiger partial charge in [0.1, 0.15) is 0 Å². The number of nitrogens with two attached hydrogens (primary N) is 1. The molecule has 0 aromatic heterocycles. The molecule has 0 unspecified atom stereocenters. The van der Waals surface area contributed by atoms with E-state index in [1.165, 1.54) is 0 Å². The Bertz CT molecular complexity index is 220. The molecule has 0 amide bonds. The summed E-state index contributed by atoms with van der Waals surface area (Å²) in [6.45, 7) is 0. The van der Waals surface area contributed by atoms with E-state index in [9.17, 15) is 0 Å². The van der Waals surface area contributed by atoms with E-state index in [0.717, 1.165) is 16.7 Å². The van der Waals surface area contributed by atoms with Gasteiger partial charge in [-0.2, -0.15) is 0 Å². The van der Waals surface area contributed by atoms with E-state index in [2.05, 4.69) is 0 Å². The van der Waals surface area contributed by atoms with Crippen molar-refractivity contribution in [2.45, 2.75) is 4.90 Å². The van der Waals surface area contributed by atoms with Crippen LogP contribution in [0.1, 0.15) is 0 Å². The first-order valence-corrected chi connectivity index (χ1v) is 3.65. The smallest absolute Gasteiger partial charge is 0.185 e. The largest absolute Gasteiger partial charge is 0.377 e. The van der Waals surface area contributed by atoms with E-state index in [4.69, 9.17) is 11.1 Å². The number of rotatable bonds is 1. The number of amidine groups is 1. The van der Waals surface area contributed by atoms with Crippen molar-refractivity contribution in [3.63, 3.8) is 0 Å². The molecule has 3 heteroatoms. The highest BCUT2D eigenvalue weighted by molar-refractivity contribution is 8.13. The lowest BCUT2D eigenvalue weighted by Gasteiger charge is -1.94.